The molecule has 1 atom stereocenters. The number of piperidine rings is 1. The molecule has 1 unspecified atom stereocenters. The number of pyridine rings is 1. The van der Waals surface area contributed by atoms with Crippen LogP contribution >= 0.6 is 0 Å². The van der Waals surface area contributed by atoms with Gasteiger partial charge in [0, 0.05) is 23.1 Å². The molecule has 0 bridgehead atoms. The quantitative estimate of drug-likeness (QED) is 0.699. The Bertz CT molecular complexity index is 938. The van der Waals surface area contributed by atoms with Crippen LogP contribution in [0.5, 0.6) is 0 Å². The SMILES string of the molecule is Cc1nc2cc(C(=O)NCC(=O)O)ccc2cc1C1CCC(=O)NC1=O. The molecule has 26 heavy (non-hydrogen) atoms. The number of fused-ring (bicyclic) bond motifs is 1. The minimum atomic E-state index is -1.12. The lowest BCUT2D eigenvalue weighted by atomic mass is 9.89. The Morgan fingerprint density at radius 3 is 2.77 bits per heavy atom. The molecule has 3 N–H and O–H groups in total. The van der Waals surface area contributed by atoms with E-state index in [-0.39, 0.29) is 18.2 Å². The number of rotatable bonds is 4. The van der Waals surface area contributed by atoms with Crippen LogP contribution in [0.3, 0.4) is 0 Å². The molecular formula is C18H17N3O5. The Morgan fingerprint density at radius 1 is 1.31 bits per heavy atom. The average molecular weight is 355 g/mol. The molecule has 1 fully saturated rings. The number of imide groups is 1. The summed E-state index contributed by atoms with van der Waals surface area (Å²) in [6, 6.07) is 6.70. The first-order valence-corrected chi connectivity index (χ1v) is 8.10. The van der Waals surface area contributed by atoms with Crippen molar-refractivity contribution >= 4 is 34.6 Å². The molecule has 1 saturated heterocycles. The van der Waals surface area contributed by atoms with Gasteiger partial charge in [0.05, 0.1) is 11.4 Å². The van der Waals surface area contributed by atoms with E-state index in [1.165, 1.54) is 0 Å². The third kappa shape index (κ3) is 3.53. The van der Waals surface area contributed by atoms with Crippen molar-refractivity contribution in [2.24, 2.45) is 0 Å². The molecule has 0 aliphatic carbocycles. The molecule has 8 heteroatoms. The lowest BCUT2D eigenvalue weighted by molar-refractivity contribution is -0.136. The number of benzene rings is 1. The predicted octanol–water partition coefficient (Wildman–Crippen LogP) is 0.878. The number of nitrogens with one attached hydrogen (secondary N) is 2. The molecular weight excluding hydrogens is 338 g/mol. The van der Waals surface area contributed by atoms with Crippen LogP contribution in [0.1, 0.15) is 40.4 Å². The molecule has 0 spiro atoms. The van der Waals surface area contributed by atoms with E-state index >= 15 is 0 Å². The van der Waals surface area contributed by atoms with Crippen molar-refractivity contribution in [2.75, 3.05) is 6.54 Å². The number of carbonyl (C=O) groups is 4. The van der Waals surface area contributed by atoms with Crippen LogP contribution in [-0.4, -0.2) is 40.3 Å². The van der Waals surface area contributed by atoms with E-state index < -0.39 is 24.3 Å². The smallest absolute Gasteiger partial charge is 0.322 e. The second-order valence-corrected chi connectivity index (χ2v) is 6.15. The fourth-order valence-electron chi connectivity index (χ4n) is 3.02. The second-order valence-electron chi connectivity index (χ2n) is 6.15. The third-order valence-electron chi connectivity index (χ3n) is 4.32. The topological polar surface area (TPSA) is 125 Å². The van der Waals surface area contributed by atoms with Crippen LogP contribution in [0.2, 0.25) is 0 Å². The Balaban J connectivity index is 1.91. The van der Waals surface area contributed by atoms with Gasteiger partial charge in [0.25, 0.3) is 5.91 Å². The molecule has 2 heterocycles. The number of aliphatic carboxylic acids is 1. The van der Waals surface area contributed by atoms with Gasteiger partial charge in [-0.2, -0.15) is 0 Å². The molecule has 0 saturated carbocycles. The summed E-state index contributed by atoms with van der Waals surface area (Å²) < 4.78 is 0. The summed E-state index contributed by atoms with van der Waals surface area (Å²) in [6.07, 6.45) is 0.727. The van der Waals surface area contributed by atoms with E-state index in [1.807, 2.05) is 6.07 Å². The lowest BCUT2D eigenvalue weighted by Crippen LogP contribution is -2.39. The van der Waals surface area contributed by atoms with Gasteiger partial charge in [0.1, 0.15) is 6.54 Å². The van der Waals surface area contributed by atoms with Gasteiger partial charge in [-0.25, -0.2) is 0 Å². The molecule has 1 aromatic heterocycles. The van der Waals surface area contributed by atoms with Crippen molar-refractivity contribution in [3.63, 3.8) is 0 Å². The monoisotopic (exact) mass is 355 g/mol. The number of carbonyl (C=O) groups excluding carboxylic acids is 3. The number of amides is 3. The zero-order valence-corrected chi connectivity index (χ0v) is 14.0. The first-order valence-electron chi connectivity index (χ1n) is 8.10. The van der Waals surface area contributed by atoms with Gasteiger partial charge in [0.2, 0.25) is 11.8 Å². The lowest BCUT2D eigenvalue weighted by Gasteiger charge is -2.22. The van der Waals surface area contributed by atoms with Crippen molar-refractivity contribution in [3.8, 4) is 0 Å². The maximum atomic E-state index is 12.1. The van der Waals surface area contributed by atoms with Crippen LogP contribution in [0.25, 0.3) is 10.9 Å². The Labute approximate surface area is 148 Å². The molecule has 1 aliphatic rings. The van der Waals surface area contributed by atoms with E-state index in [4.69, 9.17) is 5.11 Å². The maximum Gasteiger partial charge on any atom is 0.322 e. The van der Waals surface area contributed by atoms with Gasteiger partial charge in [-0.3, -0.25) is 29.5 Å². The van der Waals surface area contributed by atoms with Gasteiger partial charge in [0.15, 0.2) is 0 Å². The van der Waals surface area contributed by atoms with Gasteiger partial charge < -0.3 is 10.4 Å². The Kier molecular flexibility index (Phi) is 4.66. The molecule has 8 nitrogen and oxygen atoms in total. The highest BCUT2D eigenvalue weighted by atomic mass is 16.4. The van der Waals surface area contributed by atoms with Crippen LogP contribution in [0.4, 0.5) is 0 Å². The highest BCUT2D eigenvalue weighted by molar-refractivity contribution is 6.02. The van der Waals surface area contributed by atoms with Crippen molar-refractivity contribution < 1.29 is 24.3 Å². The van der Waals surface area contributed by atoms with Crippen LogP contribution < -0.4 is 10.6 Å². The summed E-state index contributed by atoms with van der Waals surface area (Å²) in [5.74, 6) is -2.64. The van der Waals surface area contributed by atoms with Crippen LogP contribution in [-0.2, 0) is 14.4 Å². The van der Waals surface area contributed by atoms with Gasteiger partial charge in [-0.15, -0.1) is 0 Å². The zero-order valence-electron chi connectivity index (χ0n) is 14.0. The van der Waals surface area contributed by atoms with Crippen molar-refractivity contribution in [1.29, 1.82) is 0 Å². The third-order valence-corrected chi connectivity index (χ3v) is 4.32. The number of carboxylic acids is 1. The fourth-order valence-corrected chi connectivity index (χ4v) is 3.02. The summed E-state index contributed by atoms with van der Waals surface area (Å²) in [5, 5.41) is 14.0. The first-order chi connectivity index (χ1) is 12.3. The number of aromatic nitrogens is 1. The molecule has 3 rings (SSSR count). The second kappa shape index (κ2) is 6.91. The number of hydrogen-bond acceptors (Lipinski definition) is 5. The van der Waals surface area contributed by atoms with Crippen molar-refractivity contribution in [1.82, 2.24) is 15.6 Å². The Hall–Kier alpha value is -3.29. The van der Waals surface area contributed by atoms with E-state index in [0.717, 1.165) is 10.9 Å². The average Bonchev–Trinajstić information content (AvgIpc) is 2.59. The molecule has 1 aromatic carbocycles. The van der Waals surface area contributed by atoms with Crippen molar-refractivity contribution in [2.45, 2.75) is 25.7 Å². The molecule has 3 amide bonds. The minimum Gasteiger partial charge on any atom is -0.480 e. The molecule has 0 radical (unpaired) electrons. The Morgan fingerprint density at radius 2 is 2.08 bits per heavy atom. The normalized spacial score (nSPS) is 17.0. The standard InChI is InChI=1S/C18H17N3O5/c1-9-13(12-4-5-15(22)21-18(12)26)6-10-2-3-11(7-14(10)20-9)17(25)19-8-16(23)24/h2-3,6-7,12H,4-5,8H2,1H3,(H,19,25)(H,23,24)(H,21,22,26). The van der Waals surface area contributed by atoms with Crippen molar-refractivity contribution in [3.05, 3.63) is 41.1 Å². The maximum absolute atomic E-state index is 12.1. The van der Waals surface area contributed by atoms with E-state index in [9.17, 15) is 19.2 Å². The number of hydrogen-bond donors (Lipinski definition) is 3. The summed E-state index contributed by atoms with van der Waals surface area (Å²) >= 11 is 0. The number of aryl methyl sites for hydroxylation is 1. The van der Waals surface area contributed by atoms with E-state index in [0.29, 0.717) is 23.2 Å². The summed E-state index contributed by atoms with van der Waals surface area (Å²) in [5.41, 5.74) is 2.28. The summed E-state index contributed by atoms with van der Waals surface area (Å²) in [7, 11) is 0. The molecule has 1 aliphatic heterocycles. The first kappa shape index (κ1) is 17.5. The summed E-state index contributed by atoms with van der Waals surface area (Å²) in [6.45, 7) is 1.31. The minimum absolute atomic E-state index is 0.269. The number of nitrogens with zero attached hydrogens (tertiary/aromatic N) is 1. The molecule has 134 valence electrons. The van der Waals surface area contributed by atoms with E-state index in [1.54, 1.807) is 25.1 Å². The van der Waals surface area contributed by atoms with E-state index in [2.05, 4.69) is 15.6 Å². The van der Waals surface area contributed by atoms with Gasteiger partial charge in [-0.1, -0.05) is 6.07 Å². The fraction of sp³-hybridized carbons (Fsp3) is 0.278. The zero-order chi connectivity index (χ0) is 18.8. The summed E-state index contributed by atoms with van der Waals surface area (Å²) in [4.78, 5) is 50.4. The molecule has 2 aromatic rings. The van der Waals surface area contributed by atoms with Gasteiger partial charge in [-0.05, 0) is 37.1 Å². The largest absolute Gasteiger partial charge is 0.480 e. The number of carboxylic acid groups (broad SMARTS) is 1. The highest BCUT2D eigenvalue weighted by Gasteiger charge is 2.29. The van der Waals surface area contributed by atoms with Gasteiger partial charge >= 0.3 is 5.97 Å². The van der Waals surface area contributed by atoms with Crippen LogP contribution in [0, 0.1) is 6.92 Å². The van der Waals surface area contributed by atoms with Crippen LogP contribution in [0.15, 0.2) is 24.3 Å². The highest BCUT2D eigenvalue weighted by Crippen LogP contribution is 2.29. The predicted molar refractivity (Wildman–Crippen MR) is 91.6 cm³/mol.